The Kier molecular flexibility index (Phi) is 4.76. The van der Waals surface area contributed by atoms with E-state index in [1.54, 1.807) is 18.2 Å². The number of benzene rings is 2. The molecule has 0 aliphatic heterocycles. The Hall–Kier alpha value is -2.87. The molecule has 24 heavy (non-hydrogen) atoms. The van der Waals surface area contributed by atoms with Crippen molar-refractivity contribution in [1.29, 1.82) is 0 Å². The number of rotatable bonds is 6. The largest absolute Gasteiger partial charge is 0.460 e. The molecule has 7 nitrogen and oxygen atoms in total. The summed E-state index contributed by atoms with van der Waals surface area (Å²) in [4.78, 5) is 26.1. The molecule has 0 fully saturated rings. The SMILES string of the molecule is O=C(CSc1nc2ccccc2o1)OCc1ccc([N+](=O)[O-])cc1. The molecule has 1 heterocycles. The summed E-state index contributed by atoms with van der Waals surface area (Å²) in [5.74, 6) is -0.347. The first kappa shape index (κ1) is 16.0. The molecule has 8 heteroatoms. The monoisotopic (exact) mass is 344 g/mol. The smallest absolute Gasteiger partial charge is 0.316 e. The Bertz CT molecular complexity index is 843. The Morgan fingerprint density at radius 2 is 1.96 bits per heavy atom. The number of esters is 1. The average molecular weight is 344 g/mol. The van der Waals surface area contributed by atoms with Crippen LogP contribution in [0.4, 0.5) is 5.69 Å². The van der Waals surface area contributed by atoms with Gasteiger partial charge in [0.25, 0.3) is 10.9 Å². The maximum atomic E-state index is 11.8. The van der Waals surface area contributed by atoms with Crippen LogP contribution in [-0.4, -0.2) is 21.6 Å². The van der Waals surface area contributed by atoms with Crippen LogP contribution in [0.2, 0.25) is 0 Å². The molecule has 0 amide bonds. The quantitative estimate of drug-likeness (QED) is 0.292. The van der Waals surface area contributed by atoms with Crippen LogP contribution < -0.4 is 0 Å². The van der Waals surface area contributed by atoms with E-state index in [1.807, 2.05) is 18.2 Å². The third-order valence-electron chi connectivity index (χ3n) is 3.13. The van der Waals surface area contributed by atoms with Crippen molar-refractivity contribution in [2.24, 2.45) is 0 Å². The molecule has 122 valence electrons. The van der Waals surface area contributed by atoms with Gasteiger partial charge in [-0.15, -0.1) is 0 Å². The third-order valence-corrected chi connectivity index (χ3v) is 3.94. The maximum absolute atomic E-state index is 11.8. The summed E-state index contributed by atoms with van der Waals surface area (Å²) in [6.45, 7) is 0.0605. The fourth-order valence-corrected chi connectivity index (χ4v) is 2.59. The minimum Gasteiger partial charge on any atom is -0.460 e. The zero-order valence-electron chi connectivity index (χ0n) is 12.4. The topological polar surface area (TPSA) is 95.5 Å². The predicted octanol–water partition coefficient (Wildman–Crippen LogP) is 3.57. The van der Waals surface area contributed by atoms with Crippen LogP contribution in [-0.2, 0) is 16.1 Å². The number of carbonyl (C=O) groups is 1. The van der Waals surface area contributed by atoms with Gasteiger partial charge in [0.1, 0.15) is 17.9 Å². The summed E-state index contributed by atoms with van der Waals surface area (Å²) in [6.07, 6.45) is 0. The molecule has 3 rings (SSSR count). The number of nitro groups is 1. The predicted molar refractivity (Wildman–Crippen MR) is 87.6 cm³/mol. The molecule has 3 aromatic rings. The number of nitro benzene ring substituents is 1. The van der Waals surface area contributed by atoms with Crippen LogP contribution in [0.1, 0.15) is 5.56 Å². The van der Waals surface area contributed by atoms with Gasteiger partial charge in [-0.1, -0.05) is 23.9 Å². The van der Waals surface area contributed by atoms with Crippen molar-refractivity contribution in [3.05, 3.63) is 64.2 Å². The number of nitrogens with zero attached hydrogens (tertiary/aromatic N) is 2. The standard InChI is InChI=1S/C16H12N2O5S/c19-15(22-9-11-5-7-12(8-6-11)18(20)21)10-24-16-17-13-3-1-2-4-14(13)23-16/h1-8H,9-10H2. The lowest BCUT2D eigenvalue weighted by atomic mass is 10.2. The number of hydrogen-bond donors (Lipinski definition) is 0. The van der Waals surface area contributed by atoms with Crippen LogP contribution in [0, 0.1) is 10.1 Å². The minimum absolute atomic E-state index is 0.00316. The second kappa shape index (κ2) is 7.14. The fourth-order valence-electron chi connectivity index (χ4n) is 1.95. The zero-order valence-corrected chi connectivity index (χ0v) is 13.2. The molecule has 0 saturated carbocycles. The first-order chi connectivity index (χ1) is 11.6. The summed E-state index contributed by atoms with van der Waals surface area (Å²) in [6, 6.07) is 13.2. The number of para-hydroxylation sites is 2. The van der Waals surface area contributed by atoms with E-state index < -0.39 is 10.9 Å². The zero-order chi connectivity index (χ0) is 16.9. The van der Waals surface area contributed by atoms with Crippen molar-refractivity contribution in [1.82, 2.24) is 4.98 Å². The number of oxazole rings is 1. The highest BCUT2D eigenvalue weighted by Crippen LogP contribution is 2.23. The molecule has 0 bridgehead atoms. The lowest BCUT2D eigenvalue weighted by Crippen LogP contribution is -2.07. The highest BCUT2D eigenvalue weighted by atomic mass is 32.2. The van der Waals surface area contributed by atoms with E-state index in [4.69, 9.17) is 9.15 Å². The van der Waals surface area contributed by atoms with Crippen molar-refractivity contribution in [2.75, 3.05) is 5.75 Å². The molecular formula is C16H12N2O5S. The van der Waals surface area contributed by atoms with Crippen molar-refractivity contribution in [2.45, 2.75) is 11.8 Å². The molecule has 1 aromatic heterocycles. The van der Waals surface area contributed by atoms with Gasteiger partial charge in [0.2, 0.25) is 0 Å². The van der Waals surface area contributed by atoms with Gasteiger partial charge in [0.05, 0.1) is 4.92 Å². The van der Waals surface area contributed by atoms with Gasteiger partial charge in [-0.2, -0.15) is 0 Å². The van der Waals surface area contributed by atoms with E-state index >= 15 is 0 Å². The number of carbonyl (C=O) groups excluding carboxylic acids is 1. The van der Waals surface area contributed by atoms with Gasteiger partial charge >= 0.3 is 5.97 Å². The summed E-state index contributed by atoms with van der Waals surface area (Å²) >= 11 is 1.15. The van der Waals surface area contributed by atoms with Crippen LogP contribution in [0.3, 0.4) is 0 Å². The second-order valence-electron chi connectivity index (χ2n) is 4.82. The Morgan fingerprint density at radius 1 is 1.21 bits per heavy atom. The van der Waals surface area contributed by atoms with Crippen LogP contribution in [0.5, 0.6) is 0 Å². The Morgan fingerprint density at radius 3 is 2.67 bits per heavy atom. The summed E-state index contributed by atoms with van der Waals surface area (Å²) in [7, 11) is 0. The second-order valence-corrected chi connectivity index (χ2v) is 5.75. The van der Waals surface area contributed by atoms with Gasteiger partial charge < -0.3 is 9.15 Å². The van der Waals surface area contributed by atoms with E-state index in [0.717, 1.165) is 17.3 Å². The molecule has 0 N–H and O–H groups in total. The normalized spacial score (nSPS) is 10.7. The molecule has 0 atom stereocenters. The van der Waals surface area contributed by atoms with Gasteiger partial charge in [-0.25, -0.2) is 4.98 Å². The fraction of sp³-hybridized carbons (Fsp3) is 0.125. The first-order valence-corrected chi connectivity index (χ1v) is 7.98. The lowest BCUT2D eigenvalue weighted by Gasteiger charge is -2.03. The lowest BCUT2D eigenvalue weighted by molar-refractivity contribution is -0.384. The molecule has 0 unspecified atom stereocenters. The van der Waals surface area contributed by atoms with Gasteiger partial charge in [0, 0.05) is 12.1 Å². The number of ether oxygens (including phenoxy) is 1. The van der Waals surface area contributed by atoms with Crippen molar-refractivity contribution < 1.29 is 18.9 Å². The van der Waals surface area contributed by atoms with E-state index in [2.05, 4.69) is 4.98 Å². The minimum atomic E-state index is -0.479. The summed E-state index contributed by atoms with van der Waals surface area (Å²) in [5.41, 5.74) is 2.08. The highest BCUT2D eigenvalue weighted by molar-refractivity contribution is 7.99. The summed E-state index contributed by atoms with van der Waals surface area (Å²) < 4.78 is 10.6. The third kappa shape index (κ3) is 3.90. The average Bonchev–Trinajstić information content (AvgIpc) is 3.01. The van der Waals surface area contributed by atoms with Crippen molar-refractivity contribution >= 4 is 34.5 Å². The maximum Gasteiger partial charge on any atom is 0.316 e. The van der Waals surface area contributed by atoms with Crippen molar-refractivity contribution in [3.63, 3.8) is 0 Å². The molecule has 0 spiro atoms. The number of non-ortho nitro benzene ring substituents is 1. The Balaban J connectivity index is 1.49. The van der Waals surface area contributed by atoms with E-state index in [1.165, 1.54) is 12.1 Å². The number of fused-ring (bicyclic) bond motifs is 1. The Labute approximate surface area is 140 Å². The molecule has 0 radical (unpaired) electrons. The number of hydrogen-bond acceptors (Lipinski definition) is 7. The van der Waals surface area contributed by atoms with E-state index in [9.17, 15) is 14.9 Å². The molecule has 0 aliphatic rings. The molecule has 0 aliphatic carbocycles. The molecule has 0 saturated heterocycles. The van der Waals surface area contributed by atoms with E-state index in [0.29, 0.717) is 16.4 Å². The van der Waals surface area contributed by atoms with Gasteiger partial charge in [0.15, 0.2) is 5.58 Å². The summed E-state index contributed by atoms with van der Waals surface area (Å²) in [5, 5.41) is 11.0. The van der Waals surface area contributed by atoms with Crippen molar-refractivity contribution in [3.8, 4) is 0 Å². The van der Waals surface area contributed by atoms with Crippen LogP contribution in [0.25, 0.3) is 11.1 Å². The van der Waals surface area contributed by atoms with Gasteiger partial charge in [-0.3, -0.25) is 14.9 Å². The van der Waals surface area contributed by atoms with Gasteiger partial charge in [-0.05, 0) is 29.8 Å². The van der Waals surface area contributed by atoms with Crippen LogP contribution in [0.15, 0.2) is 58.2 Å². The van der Waals surface area contributed by atoms with E-state index in [-0.39, 0.29) is 18.0 Å². The molecule has 2 aromatic carbocycles. The first-order valence-electron chi connectivity index (χ1n) is 6.99. The number of aromatic nitrogens is 1. The molecular weight excluding hydrogens is 332 g/mol. The van der Waals surface area contributed by atoms with Crippen LogP contribution >= 0.6 is 11.8 Å². The number of thioether (sulfide) groups is 1. The highest BCUT2D eigenvalue weighted by Gasteiger charge is 2.10.